The number of ether oxygens (including phenoxy) is 3. The first-order valence-electron chi connectivity index (χ1n) is 9.34. The summed E-state index contributed by atoms with van der Waals surface area (Å²) in [5, 5.41) is 2.58. The third kappa shape index (κ3) is 2.65. The van der Waals surface area contributed by atoms with Crippen molar-refractivity contribution < 1.29 is 19.5 Å². The Morgan fingerprint density at radius 1 is 0.833 bits per heavy atom. The summed E-state index contributed by atoms with van der Waals surface area (Å²) in [5.41, 5.74) is 1.20. The van der Waals surface area contributed by atoms with Gasteiger partial charge in [0.1, 0.15) is 6.54 Å². The summed E-state index contributed by atoms with van der Waals surface area (Å²) >= 11 is 0. The van der Waals surface area contributed by atoms with E-state index in [0.717, 1.165) is 47.8 Å². The SMILES string of the molecule is COc1ccc(C[NH2+]C2C3CC4CC(C3)CC2C4)c(OC)c1OC. The first-order valence-corrected chi connectivity index (χ1v) is 9.34. The maximum atomic E-state index is 5.64. The lowest BCUT2D eigenvalue weighted by Gasteiger charge is -2.52. The van der Waals surface area contributed by atoms with Gasteiger partial charge in [0.05, 0.1) is 32.9 Å². The van der Waals surface area contributed by atoms with E-state index in [2.05, 4.69) is 11.4 Å². The van der Waals surface area contributed by atoms with E-state index in [0.29, 0.717) is 5.75 Å². The molecule has 0 saturated heterocycles. The summed E-state index contributed by atoms with van der Waals surface area (Å²) in [6.45, 7) is 0.955. The van der Waals surface area contributed by atoms with E-state index in [-0.39, 0.29) is 0 Å². The molecule has 0 radical (unpaired) electrons. The molecule has 0 aliphatic heterocycles. The van der Waals surface area contributed by atoms with Gasteiger partial charge < -0.3 is 19.5 Å². The highest BCUT2D eigenvalue weighted by atomic mass is 16.5. The van der Waals surface area contributed by atoms with Crippen LogP contribution in [0.2, 0.25) is 0 Å². The topological polar surface area (TPSA) is 44.3 Å². The molecule has 0 heterocycles. The van der Waals surface area contributed by atoms with Crippen LogP contribution in [0.4, 0.5) is 0 Å². The van der Waals surface area contributed by atoms with Gasteiger partial charge in [0.15, 0.2) is 11.5 Å². The number of hydrogen-bond donors (Lipinski definition) is 1. The highest BCUT2D eigenvalue weighted by molar-refractivity contribution is 5.55. The molecular formula is C20H30NO3+. The second kappa shape index (κ2) is 6.47. The van der Waals surface area contributed by atoms with Crippen molar-refractivity contribution >= 4 is 0 Å². The van der Waals surface area contributed by atoms with Gasteiger partial charge in [0.25, 0.3) is 0 Å². The zero-order chi connectivity index (χ0) is 16.7. The number of nitrogens with two attached hydrogens (primary N) is 1. The van der Waals surface area contributed by atoms with Crippen LogP contribution in [0.15, 0.2) is 12.1 Å². The summed E-state index contributed by atoms with van der Waals surface area (Å²) in [4.78, 5) is 0. The molecule has 24 heavy (non-hydrogen) atoms. The maximum absolute atomic E-state index is 5.64. The molecule has 132 valence electrons. The molecule has 4 bridgehead atoms. The Morgan fingerprint density at radius 3 is 2.00 bits per heavy atom. The molecule has 1 aromatic rings. The molecular weight excluding hydrogens is 302 g/mol. The van der Waals surface area contributed by atoms with Gasteiger partial charge in [-0.1, -0.05) is 0 Å². The molecule has 1 aromatic carbocycles. The maximum Gasteiger partial charge on any atom is 0.203 e. The first-order chi connectivity index (χ1) is 11.7. The first kappa shape index (κ1) is 16.1. The van der Waals surface area contributed by atoms with Gasteiger partial charge in [-0.15, -0.1) is 0 Å². The Bertz CT molecular complexity index is 573. The highest BCUT2D eigenvalue weighted by Gasteiger charge is 2.50. The van der Waals surface area contributed by atoms with Crippen LogP contribution in [0.25, 0.3) is 0 Å². The average molecular weight is 332 g/mol. The molecule has 4 aliphatic carbocycles. The number of methoxy groups -OCH3 is 3. The van der Waals surface area contributed by atoms with Crippen molar-refractivity contribution in [3.05, 3.63) is 17.7 Å². The van der Waals surface area contributed by atoms with Gasteiger partial charge in [0, 0.05) is 11.8 Å². The van der Waals surface area contributed by atoms with Crippen LogP contribution in [-0.4, -0.2) is 27.4 Å². The molecule has 4 fully saturated rings. The van der Waals surface area contributed by atoms with E-state index in [1.54, 1.807) is 21.3 Å². The van der Waals surface area contributed by atoms with Crippen molar-refractivity contribution in [2.24, 2.45) is 23.7 Å². The number of benzene rings is 1. The van der Waals surface area contributed by atoms with E-state index >= 15 is 0 Å². The van der Waals surface area contributed by atoms with Gasteiger partial charge >= 0.3 is 0 Å². The number of rotatable bonds is 6. The second-order valence-electron chi connectivity index (χ2n) is 7.94. The fourth-order valence-electron chi connectivity index (χ4n) is 5.94. The minimum Gasteiger partial charge on any atom is -0.493 e. The monoisotopic (exact) mass is 332 g/mol. The third-order valence-corrected chi connectivity index (χ3v) is 6.70. The molecule has 0 aromatic heterocycles. The molecule has 0 amide bonds. The van der Waals surface area contributed by atoms with Crippen molar-refractivity contribution in [3.8, 4) is 17.2 Å². The van der Waals surface area contributed by atoms with Crippen LogP contribution in [0.5, 0.6) is 17.2 Å². The molecule has 4 heteroatoms. The van der Waals surface area contributed by atoms with Gasteiger partial charge in [-0.05, 0) is 56.1 Å². The Labute approximate surface area is 144 Å². The van der Waals surface area contributed by atoms with Crippen LogP contribution in [-0.2, 0) is 6.54 Å². The van der Waals surface area contributed by atoms with Gasteiger partial charge in [-0.25, -0.2) is 0 Å². The Kier molecular flexibility index (Phi) is 4.33. The van der Waals surface area contributed by atoms with Gasteiger partial charge in [-0.3, -0.25) is 0 Å². The normalized spacial score (nSPS) is 33.5. The van der Waals surface area contributed by atoms with Gasteiger partial charge in [0.2, 0.25) is 5.75 Å². The lowest BCUT2D eigenvalue weighted by atomic mass is 9.54. The van der Waals surface area contributed by atoms with Crippen molar-refractivity contribution in [1.29, 1.82) is 0 Å². The zero-order valence-electron chi connectivity index (χ0n) is 15.1. The summed E-state index contributed by atoms with van der Waals surface area (Å²) in [5.74, 6) is 6.20. The quantitative estimate of drug-likeness (QED) is 0.871. The standard InChI is InChI=1S/C20H29NO3/c1-22-17-5-4-14(19(23-2)20(17)24-3)11-21-18-15-7-12-6-13(9-15)10-16(18)8-12/h4-5,12-13,15-16,18,21H,6-11H2,1-3H3/p+1. The predicted octanol–water partition coefficient (Wildman–Crippen LogP) is 2.60. The average Bonchev–Trinajstić information content (AvgIpc) is 2.59. The fraction of sp³-hybridized carbons (Fsp3) is 0.700. The molecule has 4 saturated carbocycles. The summed E-state index contributed by atoms with van der Waals surface area (Å²) in [7, 11) is 5.05. The smallest absolute Gasteiger partial charge is 0.203 e. The molecule has 5 rings (SSSR count). The van der Waals surface area contributed by atoms with E-state index < -0.39 is 0 Å². The molecule has 0 unspecified atom stereocenters. The summed E-state index contributed by atoms with van der Waals surface area (Å²) < 4.78 is 16.6. The Hall–Kier alpha value is -1.42. The Morgan fingerprint density at radius 2 is 1.46 bits per heavy atom. The van der Waals surface area contributed by atoms with Crippen LogP contribution < -0.4 is 19.5 Å². The fourth-order valence-corrected chi connectivity index (χ4v) is 5.94. The minimum absolute atomic E-state index is 0.705. The summed E-state index contributed by atoms with van der Waals surface area (Å²) in [6.07, 6.45) is 7.40. The molecule has 2 N–H and O–H groups in total. The minimum atomic E-state index is 0.705. The van der Waals surface area contributed by atoms with Crippen molar-refractivity contribution in [3.63, 3.8) is 0 Å². The third-order valence-electron chi connectivity index (χ3n) is 6.70. The van der Waals surface area contributed by atoms with E-state index in [1.165, 1.54) is 37.7 Å². The second-order valence-corrected chi connectivity index (χ2v) is 7.94. The van der Waals surface area contributed by atoms with Gasteiger partial charge in [-0.2, -0.15) is 0 Å². The van der Waals surface area contributed by atoms with Crippen LogP contribution in [0.1, 0.15) is 37.7 Å². The van der Waals surface area contributed by atoms with Crippen LogP contribution >= 0.6 is 0 Å². The number of hydrogen-bond acceptors (Lipinski definition) is 3. The van der Waals surface area contributed by atoms with Crippen LogP contribution in [0, 0.1) is 23.7 Å². The van der Waals surface area contributed by atoms with Crippen molar-refractivity contribution in [1.82, 2.24) is 0 Å². The molecule has 0 spiro atoms. The predicted molar refractivity (Wildman–Crippen MR) is 92.6 cm³/mol. The molecule has 4 aliphatic rings. The lowest BCUT2D eigenvalue weighted by molar-refractivity contribution is -0.723. The zero-order valence-corrected chi connectivity index (χ0v) is 15.1. The van der Waals surface area contributed by atoms with Crippen molar-refractivity contribution in [2.45, 2.75) is 44.7 Å². The van der Waals surface area contributed by atoms with Crippen LogP contribution in [0.3, 0.4) is 0 Å². The molecule has 0 atom stereocenters. The largest absolute Gasteiger partial charge is 0.493 e. The Balaban J connectivity index is 1.50. The lowest BCUT2D eigenvalue weighted by Crippen LogP contribution is -2.93. The van der Waals surface area contributed by atoms with Crippen molar-refractivity contribution in [2.75, 3.05) is 21.3 Å². The van der Waals surface area contributed by atoms with E-state index in [1.807, 2.05) is 6.07 Å². The highest BCUT2D eigenvalue weighted by Crippen LogP contribution is 2.52. The molecule has 4 nitrogen and oxygen atoms in total. The summed E-state index contributed by atoms with van der Waals surface area (Å²) in [6, 6.07) is 4.91. The van der Waals surface area contributed by atoms with E-state index in [9.17, 15) is 0 Å². The number of quaternary nitrogens is 1. The van der Waals surface area contributed by atoms with E-state index in [4.69, 9.17) is 14.2 Å².